The van der Waals surface area contributed by atoms with Gasteiger partial charge in [-0.15, -0.1) is 0 Å². The number of hydrogen-bond donors (Lipinski definition) is 1. The van der Waals surface area contributed by atoms with Crippen LogP contribution in [0.1, 0.15) is 34.1 Å². The summed E-state index contributed by atoms with van der Waals surface area (Å²) in [5.74, 6) is -0.128. The molecule has 0 saturated carbocycles. The maximum atomic E-state index is 12.7. The number of carbonyl (C=O) groups is 3. The third-order valence-corrected chi connectivity index (χ3v) is 3.73. The Morgan fingerprint density at radius 1 is 1.09 bits per heavy atom. The first-order valence-electron chi connectivity index (χ1n) is 7.84. The van der Waals surface area contributed by atoms with Crippen molar-refractivity contribution in [2.45, 2.75) is 40.2 Å². The zero-order chi connectivity index (χ0) is 16.7. The number of amides is 3. The first-order chi connectivity index (χ1) is 10.4. The molecule has 7 nitrogen and oxygen atoms in total. The summed E-state index contributed by atoms with van der Waals surface area (Å²) in [4.78, 5) is 39.2. The number of nitrogens with one attached hydrogen (secondary N) is 1. The molecule has 1 N–H and O–H groups in total. The standard InChI is InChI=1S/C15H27N3O4/c1-5-22-15(21)16-13(11(2)3)14(20)18-8-6-7-17(9-10-18)12(4)19/h11,13H,5-10H2,1-4H3,(H,16,21)/t13-/m0/s1. The van der Waals surface area contributed by atoms with E-state index in [1.54, 1.807) is 16.7 Å². The molecule has 0 aromatic heterocycles. The smallest absolute Gasteiger partial charge is 0.407 e. The first-order valence-corrected chi connectivity index (χ1v) is 7.84. The minimum Gasteiger partial charge on any atom is -0.450 e. The van der Waals surface area contributed by atoms with E-state index < -0.39 is 12.1 Å². The van der Waals surface area contributed by atoms with Crippen LogP contribution in [0.15, 0.2) is 0 Å². The van der Waals surface area contributed by atoms with Gasteiger partial charge in [0.1, 0.15) is 6.04 Å². The van der Waals surface area contributed by atoms with Crippen LogP contribution in [-0.2, 0) is 14.3 Å². The van der Waals surface area contributed by atoms with Crippen molar-refractivity contribution in [1.29, 1.82) is 0 Å². The lowest BCUT2D eigenvalue weighted by Gasteiger charge is -2.28. The minimum atomic E-state index is -0.608. The third-order valence-electron chi connectivity index (χ3n) is 3.73. The Hall–Kier alpha value is -1.79. The number of ether oxygens (including phenoxy) is 1. The molecule has 126 valence electrons. The average molecular weight is 313 g/mol. The molecule has 0 bridgehead atoms. The van der Waals surface area contributed by atoms with Crippen LogP contribution in [0.2, 0.25) is 0 Å². The van der Waals surface area contributed by atoms with E-state index in [1.807, 2.05) is 13.8 Å². The normalized spacial score (nSPS) is 17.0. The highest BCUT2D eigenvalue weighted by molar-refractivity contribution is 5.86. The molecule has 0 unspecified atom stereocenters. The lowest BCUT2D eigenvalue weighted by molar-refractivity contribution is -0.135. The average Bonchev–Trinajstić information content (AvgIpc) is 2.70. The number of nitrogens with zero attached hydrogens (tertiary/aromatic N) is 2. The topological polar surface area (TPSA) is 79.0 Å². The van der Waals surface area contributed by atoms with Crippen molar-refractivity contribution < 1.29 is 19.1 Å². The molecule has 1 fully saturated rings. The Morgan fingerprint density at radius 3 is 2.23 bits per heavy atom. The maximum absolute atomic E-state index is 12.7. The van der Waals surface area contributed by atoms with E-state index in [9.17, 15) is 14.4 Å². The Labute approximate surface area is 132 Å². The van der Waals surface area contributed by atoms with Gasteiger partial charge in [0.25, 0.3) is 0 Å². The fourth-order valence-corrected chi connectivity index (χ4v) is 2.46. The van der Waals surface area contributed by atoms with Gasteiger partial charge >= 0.3 is 6.09 Å². The summed E-state index contributed by atoms with van der Waals surface area (Å²) in [6.45, 7) is 9.57. The van der Waals surface area contributed by atoms with Gasteiger partial charge in [0.2, 0.25) is 11.8 Å². The third kappa shape index (κ3) is 5.20. The number of carbonyl (C=O) groups excluding carboxylic acids is 3. The van der Waals surface area contributed by atoms with E-state index >= 15 is 0 Å². The number of rotatable bonds is 4. The molecule has 1 aliphatic rings. The van der Waals surface area contributed by atoms with E-state index in [0.29, 0.717) is 26.2 Å². The second kappa shape index (κ2) is 8.60. The van der Waals surface area contributed by atoms with E-state index in [-0.39, 0.29) is 24.3 Å². The molecular formula is C15H27N3O4. The molecule has 0 aromatic rings. The predicted molar refractivity (Wildman–Crippen MR) is 82.2 cm³/mol. The van der Waals surface area contributed by atoms with E-state index in [0.717, 1.165) is 6.42 Å². The summed E-state index contributed by atoms with van der Waals surface area (Å²) in [6, 6.07) is -0.608. The summed E-state index contributed by atoms with van der Waals surface area (Å²) >= 11 is 0. The van der Waals surface area contributed by atoms with E-state index in [2.05, 4.69) is 5.32 Å². The van der Waals surface area contributed by atoms with Crippen molar-refractivity contribution in [3.8, 4) is 0 Å². The SMILES string of the molecule is CCOC(=O)N[C@H](C(=O)N1CCCN(C(C)=O)CC1)C(C)C. The van der Waals surface area contributed by atoms with Crippen LogP contribution in [0.3, 0.4) is 0 Å². The molecule has 0 aliphatic carbocycles. The van der Waals surface area contributed by atoms with Crippen molar-refractivity contribution in [2.75, 3.05) is 32.8 Å². The van der Waals surface area contributed by atoms with Crippen molar-refractivity contribution >= 4 is 17.9 Å². The summed E-state index contributed by atoms with van der Waals surface area (Å²) in [5.41, 5.74) is 0. The van der Waals surface area contributed by atoms with E-state index in [4.69, 9.17) is 4.74 Å². The van der Waals surface area contributed by atoms with Gasteiger partial charge in [-0.25, -0.2) is 4.79 Å². The number of hydrogen-bond acceptors (Lipinski definition) is 4. The van der Waals surface area contributed by atoms with Crippen LogP contribution in [-0.4, -0.2) is 66.5 Å². The van der Waals surface area contributed by atoms with Crippen LogP contribution in [0.25, 0.3) is 0 Å². The molecule has 1 heterocycles. The molecule has 7 heteroatoms. The van der Waals surface area contributed by atoms with Gasteiger partial charge in [-0.1, -0.05) is 13.8 Å². The van der Waals surface area contributed by atoms with Crippen LogP contribution in [0.4, 0.5) is 4.79 Å². The van der Waals surface area contributed by atoms with Crippen LogP contribution < -0.4 is 5.32 Å². The molecule has 1 saturated heterocycles. The zero-order valence-corrected chi connectivity index (χ0v) is 13.9. The molecule has 0 radical (unpaired) electrons. The summed E-state index contributed by atoms with van der Waals surface area (Å²) in [6.07, 6.45) is 0.171. The maximum Gasteiger partial charge on any atom is 0.407 e. The molecule has 1 atom stereocenters. The van der Waals surface area contributed by atoms with Crippen molar-refractivity contribution in [3.05, 3.63) is 0 Å². The van der Waals surface area contributed by atoms with Crippen molar-refractivity contribution in [2.24, 2.45) is 5.92 Å². The Balaban J connectivity index is 2.69. The fourth-order valence-electron chi connectivity index (χ4n) is 2.46. The molecule has 22 heavy (non-hydrogen) atoms. The molecular weight excluding hydrogens is 286 g/mol. The minimum absolute atomic E-state index is 0.0272. The molecule has 1 aliphatic heterocycles. The van der Waals surface area contributed by atoms with Crippen molar-refractivity contribution in [1.82, 2.24) is 15.1 Å². The van der Waals surface area contributed by atoms with Crippen LogP contribution in [0.5, 0.6) is 0 Å². The van der Waals surface area contributed by atoms with Crippen LogP contribution >= 0.6 is 0 Å². The Kier molecular flexibility index (Phi) is 7.14. The Morgan fingerprint density at radius 2 is 1.68 bits per heavy atom. The Bertz CT molecular complexity index is 412. The van der Waals surface area contributed by atoms with Gasteiger partial charge in [-0.05, 0) is 19.3 Å². The summed E-state index contributed by atoms with van der Waals surface area (Å²) < 4.78 is 4.86. The second-order valence-electron chi connectivity index (χ2n) is 5.77. The van der Waals surface area contributed by atoms with Crippen LogP contribution in [0, 0.1) is 5.92 Å². The van der Waals surface area contributed by atoms with Gasteiger partial charge in [0, 0.05) is 33.1 Å². The zero-order valence-electron chi connectivity index (χ0n) is 13.9. The highest BCUT2D eigenvalue weighted by Crippen LogP contribution is 2.10. The summed E-state index contributed by atoms with van der Waals surface area (Å²) in [7, 11) is 0. The van der Waals surface area contributed by atoms with Gasteiger partial charge in [0.05, 0.1) is 6.61 Å². The molecule has 3 amide bonds. The first kappa shape index (κ1) is 18.3. The lowest BCUT2D eigenvalue weighted by atomic mass is 10.0. The highest BCUT2D eigenvalue weighted by Gasteiger charge is 2.30. The lowest BCUT2D eigenvalue weighted by Crippen LogP contribution is -2.52. The van der Waals surface area contributed by atoms with Gasteiger partial charge in [-0.3, -0.25) is 9.59 Å². The quantitative estimate of drug-likeness (QED) is 0.834. The van der Waals surface area contributed by atoms with E-state index in [1.165, 1.54) is 6.92 Å². The summed E-state index contributed by atoms with van der Waals surface area (Å²) in [5, 5.41) is 2.64. The van der Waals surface area contributed by atoms with Gasteiger partial charge in [-0.2, -0.15) is 0 Å². The molecule has 0 aromatic carbocycles. The predicted octanol–water partition coefficient (Wildman–Crippen LogP) is 0.838. The van der Waals surface area contributed by atoms with Crippen molar-refractivity contribution in [3.63, 3.8) is 0 Å². The highest BCUT2D eigenvalue weighted by atomic mass is 16.5. The largest absolute Gasteiger partial charge is 0.450 e. The van der Waals surface area contributed by atoms with Gasteiger partial charge in [0.15, 0.2) is 0 Å². The fraction of sp³-hybridized carbons (Fsp3) is 0.800. The monoisotopic (exact) mass is 313 g/mol. The second-order valence-corrected chi connectivity index (χ2v) is 5.77. The molecule has 0 spiro atoms. The molecule has 1 rings (SSSR count). The number of alkyl carbamates (subject to hydrolysis) is 1. The van der Waals surface area contributed by atoms with Gasteiger partial charge < -0.3 is 19.9 Å².